The Morgan fingerprint density at radius 2 is 2.19 bits per heavy atom. The van der Waals surface area contributed by atoms with Crippen LogP contribution < -0.4 is 5.32 Å². The van der Waals surface area contributed by atoms with E-state index < -0.39 is 0 Å². The molecule has 3 heteroatoms. The molecule has 0 amide bonds. The van der Waals surface area contributed by atoms with Gasteiger partial charge in [-0.3, -0.25) is 0 Å². The second-order valence-corrected chi connectivity index (χ2v) is 5.31. The van der Waals surface area contributed by atoms with Crippen LogP contribution in [0.5, 0.6) is 0 Å². The van der Waals surface area contributed by atoms with Crippen LogP contribution in [0, 0.1) is 5.92 Å². The van der Waals surface area contributed by atoms with Crippen molar-refractivity contribution in [2.24, 2.45) is 5.92 Å². The first-order valence-electron chi connectivity index (χ1n) is 6.30. The summed E-state index contributed by atoms with van der Waals surface area (Å²) in [6, 6.07) is 0.493. The summed E-state index contributed by atoms with van der Waals surface area (Å²) in [5, 5.41) is 7.62. The predicted molar refractivity (Wildman–Crippen MR) is 64.4 cm³/mol. The third kappa shape index (κ3) is 2.14. The first kappa shape index (κ1) is 11.6. The number of nitrogens with one attached hydrogen (secondary N) is 1. The first-order valence-corrected chi connectivity index (χ1v) is 6.30. The van der Waals surface area contributed by atoms with E-state index in [0.717, 1.165) is 24.4 Å². The van der Waals surface area contributed by atoms with E-state index in [1.807, 2.05) is 0 Å². The van der Waals surface area contributed by atoms with Crippen LogP contribution in [0.1, 0.15) is 57.1 Å². The number of rotatable bonds is 3. The van der Waals surface area contributed by atoms with Gasteiger partial charge in [-0.15, -0.1) is 0 Å². The Kier molecular flexibility index (Phi) is 3.33. The zero-order valence-corrected chi connectivity index (χ0v) is 10.7. The van der Waals surface area contributed by atoms with Gasteiger partial charge < -0.3 is 9.84 Å². The van der Waals surface area contributed by atoms with Crippen LogP contribution in [-0.2, 0) is 13.0 Å². The fourth-order valence-electron chi connectivity index (χ4n) is 2.30. The van der Waals surface area contributed by atoms with Crippen molar-refractivity contribution in [1.29, 1.82) is 0 Å². The lowest BCUT2D eigenvalue weighted by atomic mass is 9.80. The molecular formula is C13H22N2O. The van der Waals surface area contributed by atoms with Crippen LogP contribution in [-0.4, -0.2) is 11.2 Å². The Bertz CT molecular complexity index is 357. The Morgan fingerprint density at radius 3 is 2.88 bits per heavy atom. The Morgan fingerprint density at radius 1 is 1.44 bits per heavy atom. The van der Waals surface area contributed by atoms with Gasteiger partial charge in [-0.25, -0.2) is 0 Å². The molecule has 1 aliphatic rings. The Labute approximate surface area is 97.6 Å². The number of aromatic nitrogens is 1. The van der Waals surface area contributed by atoms with E-state index >= 15 is 0 Å². The lowest BCUT2D eigenvalue weighted by Gasteiger charge is -2.23. The highest BCUT2D eigenvalue weighted by molar-refractivity contribution is 5.28. The molecule has 1 heterocycles. The van der Waals surface area contributed by atoms with E-state index in [1.165, 1.54) is 12.0 Å². The monoisotopic (exact) mass is 222 g/mol. The van der Waals surface area contributed by atoms with Crippen LogP contribution in [0.3, 0.4) is 0 Å². The van der Waals surface area contributed by atoms with E-state index in [2.05, 4.69) is 38.2 Å². The third-order valence-corrected chi connectivity index (χ3v) is 3.69. The molecule has 1 aromatic rings. The van der Waals surface area contributed by atoms with Gasteiger partial charge in [0.15, 0.2) is 0 Å². The molecule has 2 unspecified atom stereocenters. The minimum absolute atomic E-state index is 0.493. The number of hydrogen-bond donors (Lipinski definition) is 1. The summed E-state index contributed by atoms with van der Waals surface area (Å²) < 4.78 is 5.51. The van der Waals surface area contributed by atoms with Gasteiger partial charge in [0.1, 0.15) is 11.5 Å². The lowest BCUT2D eigenvalue weighted by Crippen LogP contribution is -2.23. The molecule has 1 aliphatic carbocycles. The van der Waals surface area contributed by atoms with Gasteiger partial charge in [0.2, 0.25) is 0 Å². The molecule has 0 aromatic carbocycles. The normalized spacial score (nSPS) is 24.8. The summed E-state index contributed by atoms with van der Waals surface area (Å²) >= 11 is 0. The SMILES string of the molecule is CC(C)NCc1noc2c1CCC(C)C2C. The molecule has 90 valence electrons. The fourth-order valence-corrected chi connectivity index (χ4v) is 2.30. The number of nitrogens with zero attached hydrogens (tertiary/aromatic N) is 1. The summed E-state index contributed by atoms with van der Waals surface area (Å²) in [6.45, 7) is 9.67. The van der Waals surface area contributed by atoms with Gasteiger partial charge in [-0.05, 0) is 18.8 Å². The highest BCUT2D eigenvalue weighted by Gasteiger charge is 2.29. The molecule has 0 saturated carbocycles. The van der Waals surface area contributed by atoms with Crippen LogP contribution >= 0.6 is 0 Å². The van der Waals surface area contributed by atoms with E-state index in [-0.39, 0.29) is 0 Å². The van der Waals surface area contributed by atoms with Crippen molar-refractivity contribution in [1.82, 2.24) is 10.5 Å². The molecule has 1 N–H and O–H groups in total. The van der Waals surface area contributed by atoms with Gasteiger partial charge in [0.25, 0.3) is 0 Å². The summed E-state index contributed by atoms with van der Waals surface area (Å²) in [5.74, 6) is 2.36. The molecule has 0 fully saturated rings. The molecule has 0 spiro atoms. The number of hydrogen-bond acceptors (Lipinski definition) is 3. The van der Waals surface area contributed by atoms with Crippen LogP contribution in [0.25, 0.3) is 0 Å². The summed E-state index contributed by atoms with van der Waals surface area (Å²) in [6.07, 6.45) is 2.38. The molecule has 0 aliphatic heterocycles. The Balaban J connectivity index is 2.15. The van der Waals surface area contributed by atoms with Crippen molar-refractivity contribution in [2.75, 3.05) is 0 Å². The van der Waals surface area contributed by atoms with E-state index in [4.69, 9.17) is 4.52 Å². The summed E-state index contributed by atoms with van der Waals surface area (Å²) in [5.41, 5.74) is 2.47. The van der Waals surface area contributed by atoms with Crippen molar-refractivity contribution in [2.45, 2.75) is 59.0 Å². The van der Waals surface area contributed by atoms with E-state index in [1.54, 1.807) is 0 Å². The largest absolute Gasteiger partial charge is 0.361 e. The maximum Gasteiger partial charge on any atom is 0.143 e. The first-order chi connectivity index (χ1) is 7.59. The maximum absolute atomic E-state index is 5.51. The lowest BCUT2D eigenvalue weighted by molar-refractivity contribution is 0.306. The smallest absolute Gasteiger partial charge is 0.143 e. The molecule has 16 heavy (non-hydrogen) atoms. The van der Waals surface area contributed by atoms with E-state index in [9.17, 15) is 0 Å². The fraction of sp³-hybridized carbons (Fsp3) is 0.769. The van der Waals surface area contributed by atoms with Crippen molar-refractivity contribution >= 4 is 0 Å². The van der Waals surface area contributed by atoms with Crippen LogP contribution in [0.15, 0.2) is 4.52 Å². The van der Waals surface area contributed by atoms with Crippen LogP contribution in [0.4, 0.5) is 0 Å². The van der Waals surface area contributed by atoms with Gasteiger partial charge in [-0.2, -0.15) is 0 Å². The second kappa shape index (κ2) is 4.58. The van der Waals surface area contributed by atoms with Gasteiger partial charge in [0.05, 0.1) is 0 Å². The third-order valence-electron chi connectivity index (χ3n) is 3.69. The highest BCUT2D eigenvalue weighted by atomic mass is 16.5. The molecule has 2 rings (SSSR count). The maximum atomic E-state index is 5.51. The molecule has 0 saturated heterocycles. The van der Waals surface area contributed by atoms with Crippen molar-refractivity contribution in [3.8, 4) is 0 Å². The average molecular weight is 222 g/mol. The quantitative estimate of drug-likeness (QED) is 0.854. The Hall–Kier alpha value is -0.830. The standard InChI is InChI=1S/C13H22N2O/c1-8(2)14-7-12-11-6-5-9(3)10(4)13(11)16-15-12/h8-10,14H,5-7H2,1-4H3. The topological polar surface area (TPSA) is 38.1 Å². The van der Waals surface area contributed by atoms with E-state index in [0.29, 0.717) is 17.9 Å². The van der Waals surface area contributed by atoms with Gasteiger partial charge >= 0.3 is 0 Å². The second-order valence-electron chi connectivity index (χ2n) is 5.31. The minimum Gasteiger partial charge on any atom is -0.361 e. The minimum atomic E-state index is 0.493. The van der Waals surface area contributed by atoms with Crippen molar-refractivity contribution in [3.05, 3.63) is 17.0 Å². The molecule has 0 radical (unpaired) electrons. The molecule has 1 aromatic heterocycles. The highest BCUT2D eigenvalue weighted by Crippen LogP contribution is 2.36. The molecular weight excluding hydrogens is 200 g/mol. The summed E-state index contributed by atoms with van der Waals surface area (Å²) in [7, 11) is 0. The molecule has 2 atom stereocenters. The average Bonchev–Trinajstić information content (AvgIpc) is 2.64. The predicted octanol–water partition coefficient (Wildman–Crippen LogP) is 2.86. The van der Waals surface area contributed by atoms with Crippen molar-refractivity contribution < 1.29 is 4.52 Å². The van der Waals surface area contributed by atoms with Gasteiger partial charge in [0, 0.05) is 24.1 Å². The molecule has 3 nitrogen and oxygen atoms in total. The van der Waals surface area contributed by atoms with Gasteiger partial charge in [-0.1, -0.05) is 32.9 Å². The zero-order chi connectivity index (χ0) is 11.7. The van der Waals surface area contributed by atoms with Crippen LogP contribution in [0.2, 0.25) is 0 Å². The number of fused-ring (bicyclic) bond motifs is 1. The summed E-state index contributed by atoms with van der Waals surface area (Å²) in [4.78, 5) is 0. The molecule has 0 bridgehead atoms. The zero-order valence-electron chi connectivity index (χ0n) is 10.7. The van der Waals surface area contributed by atoms with Crippen molar-refractivity contribution in [3.63, 3.8) is 0 Å².